The summed E-state index contributed by atoms with van der Waals surface area (Å²) in [4.78, 5) is 16.8. The second kappa shape index (κ2) is 8.08. The second-order valence-corrected chi connectivity index (χ2v) is 7.16. The number of hydrogen-bond acceptors (Lipinski definition) is 4. The van der Waals surface area contributed by atoms with Crippen molar-refractivity contribution in [3.05, 3.63) is 28.2 Å². The fourth-order valence-electron chi connectivity index (χ4n) is 2.29. The number of rotatable bonds is 3. The Morgan fingerprint density at radius 3 is 2.57 bits per heavy atom. The third kappa shape index (κ3) is 5.16. The molecule has 0 bridgehead atoms. The minimum Gasteiger partial charge on any atom is -0.490 e. The van der Waals surface area contributed by atoms with Gasteiger partial charge in [-0.25, -0.2) is 0 Å². The molecule has 1 aliphatic rings. The van der Waals surface area contributed by atoms with Crippen LogP contribution in [-0.2, 0) is 0 Å². The summed E-state index contributed by atoms with van der Waals surface area (Å²) in [5, 5.41) is 3.29. The van der Waals surface area contributed by atoms with Gasteiger partial charge in [0.05, 0.1) is 11.7 Å². The first-order valence-corrected chi connectivity index (χ1v) is 8.82. The lowest BCUT2D eigenvalue weighted by molar-refractivity contribution is 0.0965. The van der Waals surface area contributed by atoms with Gasteiger partial charge in [-0.2, -0.15) is 0 Å². The van der Waals surface area contributed by atoms with E-state index < -0.39 is 0 Å². The van der Waals surface area contributed by atoms with Gasteiger partial charge in [-0.05, 0) is 51.3 Å². The van der Waals surface area contributed by atoms with Gasteiger partial charge < -0.3 is 14.5 Å². The Hall–Kier alpha value is -1.18. The fourth-order valence-corrected chi connectivity index (χ4v) is 2.93. The molecule has 126 valence electrons. The lowest BCUT2D eigenvalue weighted by atomic mass is 10.2. The number of carbonyl (C=O) groups excluding carboxylic acids is 1. The summed E-state index contributed by atoms with van der Waals surface area (Å²) < 4.78 is 6.54. The molecule has 1 aromatic carbocycles. The van der Waals surface area contributed by atoms with Crippen LogP contribution in [0.4, 0.5) is 0 Å². The zero-order valence-electron chi connectivity index (χ0n) is 13.6. The van der Waals surface area contributed by atoms with Gasteiger partial charge in [-0.1, -0.05) is 15.9 Å². The Kier molecular flexibility index (Phi) is 6.38. The van der Waals surface area contributed by atoms with Crippen LogP contribution in [0.15, 0.2) is 22.7 Å². The number of thiocarbonyl (C=S) groups is 1. The number of nitrogens with zero attached hydrogens (tertiary/aromatic N) is 2. The SMILES string of the molecule is CC(C)Oc1ccc(Br)cc1C(=O)NC(=S)N1CCN(C)CC1. The van der Waals surface area contributed by atoms with Crippen molar-refractivity contribution in [1.82, 2.24) is 15.1 Å². The molecule has 5 nitrogen and oxygen atoms in total. The molecule has 1 fully saturated rings. The van der Waals surface area contributed by atoms with Crippen LogP contribution in [0.2, 0.25) is 0 Å². The summed E-state index contributed by atoms with van der Waals surface area (Å²) in [7, 11) is 2.08. The van der Waals surface area contributed by atoms with Gasteiger partial charge in [-0.3, -0.25) is 10.1 Å². The van der Waals surface area contributed by atoms with Crippen molar-refractivity contribution in [3.8, 4) is 5.75 Å². The van der Waals surface area contributed by atoms with Gasteiger partial charge in [0.1, 0.15) is 5.75 Å². The normalized spacial score (nSPS) is 15.6. The fraction of sp³-hybridized carbons (Fsp3) is 0.500. The van der Waals surface area contributed by atoms with E-state index in [4.69, 9.17) is 17.0 Å². The van der Waals surface area contributed by atoms with Crippen molar-refractivity contribution < 1.29 is 9.53 Å². The predicted molar refractivity (Wildman–Crippen MR) is 99.0 cm³/mol. The number of piperazine rings is 1. The minimum absolute atomic E-state index is 0.00712. The number of benzene rings is 1. The molecule has 0 atom stereocenters. The topological polar surface area (TPSA) is 44.8 Å². The molecule has 0 radical (unpaired) electrons. The van der Waals surface area contributed by atoms with Gasteiger partial charge in [-0.15, -0.1) is 0 Å². The first-order chi connectivity index (χ1) is 10.9. The molecule has 23 heavy (non-hydrogen) atoms. The van der Waals surface area contributed by atoms with E-state index in [0.717, 1.165) is 30.7 Å². The molecule has 1 aromatic rings. The van der Waals surface area contributed by atoms with E-state index in [2.05, 4.69) is 33.2 Å². The molecule has 2 rings (SSSR count). The average Bonchev–Trinajstić information content (AvgIpc) is 2.49. The highest BCUT2D eigenvalue weighted by Gasteiger charge is 2.20. The van der Waals surface area contributed by atoms with Crippen LogP contribution in [0.3, 0.4) is 0 Å². The maximum atomic E-state index is 12.6. The van der Waals surface area contributed by atoms with Crippen LogP contribution < -0.4 is 10.1 Å². The highest BCUT2D eigenvalue weighted by molar-refractivity contribution is 9.10. The number of nitrogens with one attached hydrogen (secondary N) is 1. The van der Waals surface area contributed by atoms with Crippen LogP contribution in [0, 0.1) is 0 Å². The van der Waals surface area contributed by atoms with E-state index in [1.807, 2.05) is 24.8 Å². The molecule has 0 aliphatic carbocycles. The van der Waals surface area contributed by atoms with Crippen molar-refractivity contribution >= 4 is 39.2 Å². The van der Waals surface area contributed by atoms with Crippen LogP contribution in [0.5, 0.6) is 5.75 Å². The molecule has 1 amide bonds. The Morgan fingerprint density at radius 1 is 1.30 bits per heavy atom. The average molecular weight is 400 g/mol. The molecular formula is C16H22BrN3O2S. The van der Waals surface area contributed by atoms with Gasteiger partial charge in [0, 0.05) is 30.7 Å². The van der Waals surface area contributed by atoms with Crippen LogP contribution in [0.25, 0.3) is 0 Å². The number of likely N-dealkylation sites (N-methyl/N-ethyl adjacent to an activating group) is 1. The number of ether oxygens (including phenoxy) is 1. The lowest BCUT2D eigenvalue weighted by Gasteiger charge is -2.34. The highest BCUT2D eigenvalue weighted by Crippen LogP contribution is 2.24. The van der Waals surface area contributed by atoms with Crippen molar-refractivity contribution in [2.45, 2.75) is 20.0 Å². The standard InChI is InChI=1S/C16H22BrN3O2S/c1-11(2)22-14-5-4-12(17)10-13(14)15(21)18-16(23)20-8-6-19(3)7-9-20/h4-5,10-11H,6-9H2,1-3H3,(H,18,21,23). The molecule has 0 aromatic heterocycles. The molecule has 0 unspecified atom stereocenters. The first kappa shape index (κ1) is 18.2. The summed E-state index contributed by atoms with van der Waals surface area (Å²) in [6.07, 6.45) is -0.00712. The maximum Gasteiger partial charge on any atom is 0.261 e. The molecule has 1 aliphatic heterocycles. The lowest BCUT2D eigenvalue weighted by Crippen LogP contribution is -2.51. The van der Waals surface area contributed by atoms with Crippen LogP contribution >= 0.6 is 28.1 Å². The smallest absolute Gasteiger partial charge is 0.261 e. The summed E-state index contributed by atoms with van der Waals surface area (Å²) in [5.74, 6) is 0.313. The second-order valence-electron chi connectivity index (χ2n) is 5.86. The molecule has 0 spiro atoms. The summed E-state index contributed by atoms with van der Waals surface area (Å²) in [6.45, 7) is 7.38. The molecule has 1 heterocycles. The summed E-state index contributed by atoms with van der Waals surface area (Å²) >= 11 is 8.77. The monoisotopic (exact) mass is 399 g/mol. The Balaban J connectivity index is 2.07. The summed E-state index contributed by atoms with van der Waals surface area (Å²) in [5.41, 5.74) is 0.476. The quantitative estimate of drug-likeness (QED) is 0.790. The minimum atomic E-state index is -0.245. The van der Waals surface area contributed by atoms with E-state index >= 15 is 0 Å². The predicted octanol–water partition coefficient (Wildman–Crippen LogP) is 2.50. The number of carbonyl (C=O) groups is 1. The maximum absolute atomic E-state index is 12.6. The van der Waals surface area contributed by atoms with Crippen molar-refractivity contribution in [1.29, 1.82) is 0 Å². The number of amides is 1. The number of halogens is 1. The first-order valence-electron chi connectivity index (χ1n) is 7.62. The van der Waals surface area contributed by atoms with Gasteiger partial charge in [0.2, 0.25) is 0 Å². The molecule has 7 heteroatoms. The zero-order valence-corrected chi connectivity index (χ0v) is 16.0. The van der Waals surface area contributed by atoms with E-state index in [1.54, 1.807) is 12.1 Å². The van der Waals surface area contributed by atoms with Crippen LogP contribution in [-0.4, -0.2) is 60.2 Å². The third-order valence-electron chi connectivity index (χ3n) is 3.56. The van der Waals surface area contributed by atoms with E-state index in [1.165, 1.54) is 0 Å². The van der Waals surface area contributed by atoms with Gasteiger partial charge in [0.25, 0.3) is 5.91 Å². The number of hydrogen-bond donors (Lipinski definition) is 1. The van der Waals surface area contributed by atoms with E-state index in [-0.39, 0.29) is 12.0 Å². The molecule has 1 N–H and O–H groups in total. The molecular weight excluding hydrogens is 378 g/mol. The Bertz CT molecular complexity index is 587. The molecule has 0 saturated carbocycles. The van der Waals surface area contributed by atoms with Crippen molar-refractivity contribution in [3.63, 3.8) is 0 Å². The van der Waals surface area contributed by atoms with Crippen molar-refractivity contribution in [2.75, 3.05) is 33.2 Å². The van der Waals surface area contributed by atoms with Gasteiger partial charge >= 0.3 is 0 Å². The Morgan fingerprint density at radius 2 is 1.96 bits per heavy atom. The van der Waals surface area contributed by atoms with E-state index in [9.17, 15) is 4.79 Å². The third-order valence-corrected chi connectivity index (χ3v) is 4.41. The largest absolute Gasteiger partial charge is 0.490 e. The highest BCUT2D eigenvalue weighted by atomic mass is 79.9. The zero-order chi connectivity index (χ0) is 17.0. The molecule has 1 saturated heterocycles. The van der Waals surface area contributed by atoms with Crippen LogP contribution in [0.1, 0.15) is 24.2 Å². The van der Waals surface area contributed by atoms with Crippen molar-refractivity contribution in [2.24, 2.45) is 0 Å². The van der Waals surface area contributed by atoms with E-state index in [0.29, 0.717) is 16.4 Å². The van der Waals surface area contributed by atoms with Gasteiger partial charge in [0.15, 0.2) is 5.11 Å². The Labute approximate surface area is 151 Å². The summed E-state index contributed by atoms with van der Waals surface area (Å²) in [6, 6.07) is 5.39.